The molecule has 3 nitrogen and oxygen atoms in total. The van der Waals surface area contributed by atoms with Crippen LogP contribution < -0.4 is 10.6 Å². The minimum Gasteiger partial charge on any atom is -0.299 e. The van der Waals surface area contributed by atoms with Crippen LogP contribution in [0.4, 0.5) is 0 Å². The van der Waals surface area contributed by atoms with Gasteiger partial charge in [-0.2, -0.15) is 0 Å². The Labute approximate surface area is 123 Å². The van der Waals surface area contributed by atoms with E-state index in [4.69, 9.17) is 0 Å². The summed E-state index contributed by atoms with van der Waals surface area (Å²) in [6.07, 6.45) is 12.8. The van der Waals surface area contributed by atoms with E-state index in [9.17, 15) is 0 Å². The fourth-order valence-electron chi connectivity index (χ4n) is 4.26. The number of fused-ring (bicyclic) bond motifs is 1. The van der Waals surface area contributed by atoms with Gasteiger partial charge in [-0.15, -0.1) is 6.58 Å². The maximum Gasteiger partial charge on any atom is 0.128 e. The first kappa shape index (κ1) is 14.3. The first-order valence-electron chi connectivity index (χ1n) is 7.78. The third kappa shape index (κ3) is 2.35. The van der Waals surface area contributed by atoms with E-state index in [1.54, 1.807) is 0 Å². The molecule has 1 saturated carbocycles. The highest BCUT2D eigenvalue weighted by Gasteiger charge is 2.50. The normalized spacial score (nSPS) is 37.9. The number of hydrogen-bond acceptors (Lipinski definition) is 3. The molecule has 4 atom stereocenters. The topological polar surface area (TPSA) is 27.3 Å². The van der Waals surface area contributed by atoms with Gasteiger partial charge in [-0.05, 0) is 29.7 Å². The Morgan fingerprint density at radius 3 is 2.45 bits per heavy atom. The summed E-state index contributed by atoms with van der Waals surface area (Å²) in [5.41, 5.74) is 0.818. The van der Waals surface area contributed by atoms with E-state index in [0.29, 0.717) is 17.8 Å². The molecule has 0 aromatic rings. The van der Waals surface area contributed by atoms with Gasteiger partial charge in [-0.25, -0.2) is 0 Å². The summed E-state index contributed by atoms with van der Waals surface area (Å²) in [5, 5.41) is 6.92. The van der Waals surface area contributed by atoms with Crippen molar-refractivity contribution in [3.63, 3.8) is 0 Å². The number of nitrogens with zero attached hydrogens (tertiary/aromatic N) is 1. The fourth-order valence-corrected chi connectivity index (χ4v) is 7.89. The Bertz CT molecular complexity index is 423. The molecule has 4 unspecified atom stereocenters. The van der Waals surface area contributed by atoms with Gasteiger partial charge in [-0.3, -0.25) is 15.2 Å². The van der Waals surface area contributed by atoms with Gasteiger partial charge in [0.05, 0.1) is 0 Å². The summed E-state index contributed by atoms with van der Waals surface area (Å²) in [4.78, 5) is 0. The molecular formula is C16H27N3Si. The van der Waals surface area contributed by atoms with Crippen LogP contribution in [-0.4, -0.2) is 32.8 Å². The lowest BCUT2D eigenvalue weighted by Gasteiger charge is -2.45. The fraction of sp³-hybridized carbons (Fsp3) is 0.625. The summed E-state index contributed by atoms with van der Waals surface area (Å²) in [6.45, 7) is 12.2. The molecule has 0 radical (unpaired) electrons. The van der Waals surface area contributed by atoms with Crippen molar-refractivity contribution >= 4 is 8.24 Å². The molecule has 1 saturated heterocycles. The summed E-state index contributed by atoms with van der Waals surface area (Å²) >= 11 is 0. The minimum atomic E-state index is -1.46. The van der Waals surface area contributed by atoms with Crippen molar-refractivity contribution in [1.82, 2.24) is 15.2 Å². The lowest BCUT2D eigenvalue weighted by Crippen LogP contribution is -2.63. The van der Waals surface area contributed by atoms with Gasteiger partial charge in [0.25, 0.3) is 0 Å². The van der Waals surface area contributed by atoms with Gasteiger partial charge in [-0.1, -0.05) is 43.5 Å². The highest BCUT2D eigenvalue weighted by molar-refractivity contribution is 6.76. The van der Waals surface area contributed by atoms with Crippen LogP contribution in [0.25, 0.3) is 0 Å². The third-order valence-electron chi connectivity index (χ3n) is 5.59. The van der Waals surface area contributed by atoms with E-state index in [-0.39, 0.29) is 0 Å². The molecule has 0 aromatic carbocycles. The van der Waals surface area contributed by atoms with E-state index < -0.39 is 8.24 Å². The van der Waals surface area contributed by atoms with Gasteiger partial charge in [0.1, 0.15) is 8.24 Å². The van der Waals surface area contributed by atoms with Crippen molar-refractivity contribution in [2.45, 2.75) is 25.1 Å². The SMILES string of the molecule is C=CC1CC([Si](C)(C)N2CNCNC2)C2C=CC=CC12. The predicted molar refractivity (Wildman–Crippen MR) is 87.5 cm³/mol. The highest BCUT2D eigenvalue weighted by atomic mass is 28.3. The molecule has 0 aromatic heterocycles. The summed E-state index contributed by atoms with van der Waals surface area (Å²) in [5.74, 6) is 2.05. The Kier molecular flexibility index (Phi) is 3.99. The second-order valence-corrected chi connectivity index (χ2v) is 11.5. The highest BCUT2D eigenvalue weighted by Crippen LogP contribution is 2.53. The lowest BCUT2D eigenvalue weighted by atomic mass is 9.86. The Balaban J connectivity index is 1.83. The summed E-state index contributed by atoms with van der Waals surface area (Å²) < 4.78 is 2.68. The molecule has 0 spiro atoms. The van der Waals surface area contributed by atoms with Crippen LogP contribution in [0.2, 0.25) is 18.6 Å². The van der Waals surface area contributed by atoms with Gasteiger partial charge in [0.2, 0.25) is 0 Å². The van der Waals surface area contributed by atoms with Crippen molar-refractivity contribution in [3.05, 3.63) is 37.0 Å². The smallest absolute Gasteiger partial charge is 0.128 e. The van der Waals surface area contributed by atoms with E-state index in [1.165, 1.54) is 6.42 Å². The lowest BCUT2D eigenvalue weighted by molar-refractivity contribution is 0.283. The second-order valence-electron chi connectivity index (χ2n) is 6.85. The molecule has 2 aliphatic carbocycles. The zero-order chi connectivity index (χ0) is 14.2. The molecule has 2 fully saturated rings. The van der Waals surface area contributed by atoms with Gasteiger partial charge < -0.3 is 0 Å². The molecule has 4 heteroatoms. The standard InChI is InChI=1S/C16H27N3Si/c1-4-13-9-16(15-8-6-5-7-14(13)15)20(2,3)19-11-17-10-18-12-19/h4-8,13-18H,1,9-12H2,2-3H3. The zero-order valence-corrected chi connectivity index (χ0v) is 13.7. The molecule has 3 rings (SSSR count). The number of rotatable bonds is 3. The molecule has 1 heterocycles. The molecule has 2 N–H and O–H groups in total. The molecule has 0 amide bonds. The second kappa shape index (κ2) is 5.60. The number of hydrogen-bond donors (Lipinski definition) is 2. The van der Waals surface area contributed by atoms with Gasteiger partial charge in [0.15, 0.2) is 0 Å². The van der Waals surface area contributed by atoms with Crippen LogP contribution in [0.15, 0.2) is 37.0 Å². The number of allylic oxidation sites excluding steroid dienone is 5. The van der Waals surface area contributed by atoms with Crippen molar-refractivity contribution in [1.29, 1.82) is 0 Å². The van der Waals surface area contributed by atoms with E-state index in [1.807, 2.05) is 0 Å². The first-order valence-corrected chi connectivity index (χ1v) is 10.8. The Hall–Kier alpha value is -0.683. The van der Waals surface area contributed by atoms with Crippen molar-refractivity contribution in [3.8, 4) is 0 Å². The molecule has 110 valence electrons. The van der Waals surface area contributed by atoms with Crippen LogP contribution >= 0.6 is 0 Å². The van der Waals surface area contributed by atoms with Gasteiger partial charge >= 0.3 is 0 Å². The predicted octanol–water partition coefficient (Wildman–Crippen LogP) is 2.49. The molecule has 20 heavy (non-hydrogen) atoms. The zero-order valence-electron chi connectivity index (χ0n) is 12.7. The van der Waals surface area contributed by atoms with E-state index in [0.717, 1.165) is 25.5 Å². The van der Waals surface area contributed by atoms with Crippen molar-refractivity contribution < 1.29 is 0 Å². The average molecular weight is 289 g/mol. The van der Waals surface area contributed by atoms with Crippen molar-refractivity contribution in [2.24, 2.45) is 17.8 Å². The minimum absolute atomic E-state index is 0.656. The average Bonchev–Trinajstić information content (AvgIpc) is 2.88. The molecule has 3 aliphatic rings. The largest absolute Gasteiger partial charge is 0.299 e. The van der Waals surface area contributed by atoms with Crippen LogP contribution in [-0.2, 0) is 0 Å². The molecule has 1 aliphatic heterocycles. The monoisotopic (exact) mass is 289 g/mol. The molecule has 0 bridgehead atoms. The van der Waals surface area contributed by atoms with Crippen LogP contribution in [0.1, 0.15) is 6.42 Å². The van der Waals surface area contributed by atoms with E-state index >= 15 is 0 Å². The quantitative estimate of drug-likeness (QED) is 0.617. The Morgan fingerprint density at radius 2 is 1.80 bits per heavy atom. The maximum absolute atomic E-state index is 4.08. The van der Waals surface area contributed by atoms with Crippen molar-refractivity contribution in [2.75, 3.05) is 20.0 Å². The first-order chi connectivity index (χ1) is 9.64. The maximum atomic E-state index is 4.08. The third-order valence-corrected chi connectivity index (χ3v) is 9.97. The van der Waals surface area contributed by atoms with Crippen LogP contribution in [0.3, 0.4) is 0 Å². The summed E-state index contributed by atoms with van der Waals surface area (Å²) in [6, 6.07) is 0. The van der Waals surface area contributed by atoms with Crippen LogP contribution in [0.5, 0.6) is 0 Å². The number of nitrogens with one attached hydrogen (secondary N) is 2. The summed E-state index contributed by atoms with van der Waals surface area (Å²) in [7, 11) is -1.46. The Morgan fingerprint density at radius 1 is 1.15 bits per heavy atom. The molecular weight excluding hydrogens is 262 g/mol. The van der Waals surface area contributed by atoms with Crippen LogP contribution in [0, 0.1) is 17.8 Å². The van der Waals surface area contributed by atoms with Gasteiger partial charge in [0, 0.05) is 20.0 Å². The van der Waals surface area contributed by atoms with E-state index in [2.05, 4.69) is 65.3 Å².